The minimum Gasteiger partial charge on any atom is -0.344 e. The molecule has 6 nitrogen and oxygen atoms in total. The van der Waals surface area contributed by atoms with E-state index in [0.717, 1.165) is 25.9 Å². The molecule has 1 aliphatic heterocycles. The Balaban J connectivity index is 2.02. The van der Waals surface area contributed by atoms with Gasteiger partial charge in [0.25, 0.3) is 10.1 Å². The predicted molar refractivity (Wildman–Crippen MR) is 59.7 cm³/mol. The Labute approximate surface area is 95.8 Å². The van der Waals surface area contributed by atoms with Crippen molar-refractivity contribution in [3.63, 3.8) is 0 Å². The van der Waals surface area contributed by atoms with Crippen molar-refractivity contribution in [1.82, 2.24) is 10.2 Å². The number of unbranched alkanes of at least 4 members (excludes halogenated alkanes) is 1. The van der Waals surface area contributed by atoms with Crippen molar-refractivity contribution in [2.75, 3.05) is 25.4 Å². The van der Waals surface area contributed by atoms with Crippen molar-refractivity contribution in [3.8, 4) is 0 Å². The minimum absolute atomic E-state index is 0.181. The van der Waals surface area contributed by atoms with Gasteiger partial charge in [-0.15, -0.1) is 0 Å². The van der Waals surface area contributed by atoms with Gasteiger partial charge in [0.15, 0.2) is 0 Å². The van der Waals surface area contributed by atoms with E-state index in [9.17, 15) is 13.2 Å². The lowest BCUT2D eigenvalue weighted by Gasteiger charge is -2.12. The van der Waals surface area contributed by atoms with Crippen LogP contribution in [0.25, 0.3) is 0 Å². The molecule has 16 heavy (non-hydrogen) atoms. The number of carbonyl (C=O) groups is 1. The van der Waals surface area contributed by atoms with Gasteiger partial charge in [-0.1, -0.05) is 0 Å². The Kier molecular flexibility index (Phi) is 5.17. The maximum atomic E-state index is 10.4. The van der Waals surface area contributed by atoms with Crippen LogP contribution in [0.3, 0.4) is 0 Å². The molecule has 0 aromatic rings. The fraction of sp³-hybridized carbons (Fsp3) is 0.889. The molecule has 1 rings (SSSR count). The number of hydrogen-bond acceptors (Lipinski definition) is 4. The van der Waals surface area contributed by atoms with E-state index in [0.29, 0.717) is 25.4 Å². The Hall–Kier alpha value is -0.660. The molecule has 7 heteroatoms. The summed E-state index contributed by atoms with van der Waals surface area (Å²) in [5.41, 5.74) is 0. The summed E-state index contributed by atoms with van der Waals surface area (Å²) >= 11 is 0. The van der Waals surface area contributed by atoms with Crippen LogP contribution in [0.5, 0.6) is 0 Å². The molecule has 0 spiro atoms. The highest BCUT2D eigenvalue weighted by molar-refractivity contribution is 7.85. The van der Waals surface area contributed by atoms with Gasteiger partial charge in [-0.25, -0.2) is 0 Å². The second-order valence-corrected chi connectivity index (χ2v) is 5.61. The Bertz CT molecular complexity index is 317. The van der Waals surface area contributed by atoms with Crippen LogP contribution < -0.4 is 5.32 Å². The van der Waals surface area contributed by atoms with Crippen LogP contribution in [-0.2, 0) is 14.9 Å². The summed E-state index contributed by atoms with van der Waals surface area (Å²) in [6.07, 6.45) is 2.95. The summed E-state index contributed by atoms with van der Waals surface area (Å²) in [7, 11) is -3.82. The van der Waals surface area contributed by atoms with Crippen molar-refractivity contribution >= 4 is 16.5 Å². The van der Waals surface area contributed by atoms with Crippen LogP contribution >= 0.6 is 0 Å². The minimum atomic E-state index is -3.82. The van der Waals surface area contributed by atoms with E-state index in [4.69, 9.17) is 4.55 Å². The summed E-state index contributed by atoms with van der Waals surface area (Å²) in [6.45, 7) is 2.22. The molecule has 1 amide bonds. The number of carbonyl (C=O) groups excluding carboxylic acids is 1. The van der Waals surface area contributed by atoms with Gasteiger partial charge < -0.3 is 10.2 Å². The molecule has 2 N–H and O–H groups in total. The number of hydrogen-bond donors (Lipinski definition) is 2. The Morgan fingerprint density at radius 1 is 1.44 bits per heavy atom. The first-order valence-corrected chi connectivity index (χ1v) is 7.00. The highest BCUT2D eigenvalue weighted by Gasteiger charge is 2.19. The van der Waals surface area contributed by atoms with Crippen molar-refractivity contribution in [2.45, 2.75) is 25.3 Å². The van der Waals surface area contributed by atoms with Crippen LogP contribution in [0.1, 0.15) is 19.3 Å². The van der Waals surface area contributed by atoms with Gasteiger partial charge in [-0.2, -0.15) is 8.42 Å². The summed E-state index contributed by atoms with van der Waals surface area (Å²) in [5.74, 6) is -0.181. The number of nitrogens with one attached hydrogen (secondary N) is 1. The molecule has 0 saturated carbocycles. The van der Waals surface area contributed by atoms with E-state index < -0.39 is 10.1 Å². The smallest absolute Gasteiger partial charge is 0.264 e. The number of rotatable bonds is 7. The van der Waals surface area contributed by atoms with E-state index in [1.807, 2.05) is 0 Å². The average molecular weight is 250 g/mol. The third kappa shape index (κ3) is 5.43. The van der Waals surface area contributed by atoms with Gasteiger partial charge in [-0.3, -0.25) is 9.35 Å². The second-order valence-electron chi connectivity index (χ2n) is 4.03. The fourth-order valence-electron chi connectivity index (χ4n) is 1.77. The highest BCUT2D eigenvalue weighted by Crippen LogP contribution is 2.06. The van der Waals surface area contributed by atoms with E-state index in [1.165, 1.54) is 0 Å². The average Bonchev–Trinajstić information content (AvgIpc) is 2.63. The largest absolute Gasteiger partial charge is 0.344 e. The molecule has 1 fully saturated rings. The van der Waals surface area contributed by atoms with Gasteiger partial charge >= 0.3 is 0 Å². The molecule has 0 unspecified atom stereocenters. The van der Waals surface area contributed by atoms with Crippen LogP contribution in [-0.4, -0.2) is 55.7 Å². The topological polar surface area (TPSA) is 86.7 Å². The van der Waals surface area contributed by atoms with Crippen LogP contribution in [0.4, 0.5) is 0 Å². The van der Waals surface area contributed by atoms with Crippen molar-refractivity contribution in [2.24, 2.45) is 0 Å². The highest BCUT2D eigenvalue weighted by atomic mass is 32.2. The zero-order valence-electron chi connectivity index (χ0n) is 9.13. The summed E-state index contributed by atoms with van der Waals surface area (Å²) in [4.78, 5) is 12.2. The number of likely N-dealkylation sites (tertiary alicyclic amines) is 1. The molecule has 0 aromatic carbocycles. The molecule has 1 atom stereocenters. The zero-order chi connectivity index (χ0) is 12.0. The lowest BCUT2D eigenvalue weighted by Crippen LogP contribution is -2.32. The first-order valence-electron chi connectivity index (χ1n) is 5.39. The summed E-state index contributed by atoms with van der Waals surface area (Å²) < 4.78 is 29.3. The van der Waals surface area contributed by atoms with Crippen LogP contribution in [0.15, 0.2) is 0 Å². The first-order chi connectivity index (χ1) is 7.51. The molecule has 1 saturated heterocycles. The van der Waals surface area contributed by atoms with Gasteiger partial charge in [0.2, 0.25) is 6.41 Å². The van der Waals surface area contributed by atoms with E-state index >= 15 is 0 Å². The second kappa shape index (κ2) is 6.17. The Morgan fingerprint density at radius 2 is 2.19 bits per heavy atom. The van der Waals surface area contributed by atoms with E-state index in [-0.39, 0.29) is 5.75 Å². The van der Waals surface area contributed by atoms with Gasteiger partial charge in [0.05, 0.1) is 5.75 Å². The standard InChI is InChI=1S/C9H18N2O4S/c12-8-11-5-3-9(7-11)10-4-1-2-6-16(13,14)15/h8-10H,1-7H2,(H,13,14,15)/t9-/m0/s1. The number of nitrogens with zero attached hydrogens (tertiary/aromatic N) is 1. The van der Waals surface area contributed by atoms with E-state index in [2.05, 4.69) is 5.32 Å². The molecule has 1 aliphatic rings. The van der Waals surface area contributed by atoms with Crippen LogP contribution in [0.2, 0.25) is 0 Å². The molecule has 0 aliphatic carbocycles. The fourth-order valence-corrected chi connectivity index (χ4v) is 2.33. The lowest BCUT2D eigenvalue weighted by molar-refractivity contribution is -0.117. The van der Waals surface area contributed by atoms with E-state index in [1.54, 1.807) is 4.90 Å². The number of amides is 1. The SMILES string of the molecule is O=CN1CC[C@H](NCCCCS(=O)(=O)O)C1. The zero-order valence-corrected chi connectivity index (χ0v) is 9.95. The van der Waals surface area contributed by atoms with Crippen LogP contribution in [0, 0.1) is 0 Å². The Morgan fingerprint density at radius 3 is 2.75 bits per heavy atom. The van der Waals surface area contributed by atoms with Gasteiger partial charge in [-0.05, 0) is 25.8 Å². The first kappa shape index (κ1) is 13.4. The molecular formula is C9H18N2O4S. The third-order valence-electron chi connectivity index (χ3n) is 2.63. The molecule has 0 radical (unpaired) electrons. The summed E-state index contributed by atoms with van der Waals surface area (Å²) in [6, 6.07) is 0.316. The molecule has 0 aromatic heterocycles. The quantitative estimate of drug-likeness (QED) is 0.360. The lowest BCUT2D eigenvalue weighted by atomic mass is 10.2. The van der Waals surface area contributed by atoms with Crippen molar-refractivity contribution < 1.29 is 17.8 Å². The van der Waals surface area contributed by atoms with Gasteiger partial charge in [0.1, 0.15) is 0 Å². The molecule has 94 valence electrons. The third-order valence-corrected chi connectivity index (χ3v) is 3.44. The molecule has 0 bridgehead atoms. The normalized spacial score (nSPS) is 21.3. The van der Waals surface area contributed by atoms with Gasteiger partial charge in [0, 0.05) is 19.1 Å². The monoisotopic (exact) mass is 250 g/mol. The van der Waals surface area contributed by atoms with Crippen molar-refractivity contribution in [3.05, 3.63) is 0 Å². The van der Waals surface area contributed by atoms with Crippen molar-refractivity contribution in [1.29, 1.82) is 0 Å². The molecule has 1 heterocycles. The maximum Gasteiger partial charge on any atom is 0.264 e. The summed E-state index contributed by atoms with van der Waals surface area (Å²) in [5, 5.41) is 3.26. The maximum absolute atomic E-state index is 10.4. The predicted octanol–water partition coefficient (Wildman–Crippen LogP) is -0.525. The molecular weight excluding hydrogens is 232 g/mol.